The highest BCUT2D eigenvalue weighted by molar-refractivity contribution is 7.15. The smallest absolute Gasteiger partial charge is 0.394 e. The maximum absolute atomic E-state index is 13.0. The number of carbonyl (C=O) groups is 2. The van der Waals surface area contributed by atoms with Crippen LogP contribution in [0.15, 0.2) is 0 Å². The average Bonchev–Trinajstić information content (AvgIpc) is 3.17. The molecule has 1 aromatic rings. The molecule has 2 heterocycles. The first-order chi connectivity index (χ1) is 12.2. The quantitative estimate of drug-likeness (QED) is 0.828. The summed E-state index contributed by atoms with van der Waals surface area (Å²) in [5, 5.41) is 11.9. The van der Waals surface area contributed by atoms with E-state index in [9.17, 15) is 22.8 Å². The zero-order chi connectivity index (χ0) is 19.1. The first-order valence-corrected chi connectivity index (χ1v) is 9.34. The number of halogens is 3. The molecule has 1 aliphatic carbocycles. The standard InChI is InChI=1S/C16H20F3N3O3S/c1-2-8-3-4-11-12(5-8)26-14(20-11)21-15(25)22-6-9(13(23)24)10(7-22)16(17,18)19/h8-10H,2-7H2,1H3,(H,23,24)(H,20,21,25)/t8?,9-,10-/m1/s1. The summed E-state index contributed by atoms with van der Waals surface area (Å²) in [6.45, 7) is 1.01. The number of likely N-dealkylation sites (tertiary alicyclic amines) is 1. The van der Waals surface area contributed by atoms with Gasteiger partial charge < -0.3 is 10.0 Å². The number of carbonyl (C=O) groups excluding carboxylic acids is 1. The SMILES string of the molecule is CCC1CCc2nc(NC(=O)N3C[C@@H](C(F)(F)F)[C@H](C(=O)O)C3)sc2C1. The number of carboxylic acids is 1. The summed E-state index contributed by atoms with van der Waals surface area (Å²) in [5.41, 5.74) is 0.938. The number of carboxylic acid groups (broad SMARTS) is 1. The Balaban J connectivity index is 1.67. The third-order valence-electron chi connectivity index (χ3n) is 5.18. The highest BCUT2D eigenvalue weighted by Crippen LogP contribution is 2.38. The van der Waals surface area contributed by atoms with Crippen molar-refractivity contribution in [2.24, 2.45) is 17.8 Å². The second-order valence-electron chi connectivity index (χ2n) is 6.83. The van der Waals surface area contributed by atoms with Crippen LogP contribution in [-0.4, -0.2) is 46.3 Å². The molecule has 10 heteroatoms. The van der Waals surface area contributed by atoms with Crippen molar-refractivity contribution in [2.75, 3.05) is 18.4 Å². The predicted molar refractivity (Wildman–Crippen MR) is 89.2 cm³/mol. The zero-order valence-corrected chi connectivity index (χ0v) is 15.0. The molecule has 2 amide bonds. The fraction of sp³-hybridized carbons (Fsp3) is 0.688. The van der Waals surface area contributed by atoms with E-state index in [-0.39, 0.29) is 0 Å². The molecule has 1 fully saturated rings. The lowest BCUT2D eigenvalue weighted by Crippen LogP contribution is -2.35. The summed E-state index contributed by atoms with van der Waals surface area (Å²) >= 11 is 1.35. The van der Waals surface area contributed by atoms with Crippen molar-refractivity contribution in [2.45, 2.75) is 38.8 Å². The van der Waals surface area contributed by atoms with Crippen LogP contribution in [0.1, 0.15) is 30.3 Å². The van der Waals surface area contributed by atoms with Crippen LogP contribution in [0.25, 0.3) is 0 Å². The molecule has 1 aromatic heterocycles. The van der Waals surface area contributed by atoms with Crippen LogP contribution in [0, 0.1) is 17.8 Å². The van der Waals surface area contributed by atoms with Crippen molar-refractivity contribution in [1.29, 1.82) is 0 Å². The van der Waals surface area contributed by atoms with E-state index >= 15 is 0 Å². The van der Waals surface area contributed by atoms with Gasteiger partial charge in [0.1, 0.15) is 0 Å². The third kappa shape index (κ3) is 3.79. The normalized spacial score (nSPS) is 25.8. The number of anilines is 1. The van der Waals surface area contributed by atoms with Gasteiger partial charge in [-0.15, -0.1) is 11.3 Å². The largest absolute Gasteiger partial charge is 0.481 e. The Bertz CT molecular complexity index is 707. The number of amides is 2. The number of urea groups is 1. The molecule has 3 atom stereocenters. The average molecular weight is 391 g/mol. The minimum absolute atomic E-state index is 0.360. The Labute approximate surface area is 152 Å². The summed E-state index contributed by atoms with van der Waals surface area (Å²) in [5.74, 6) is -4.65. The zero-order valence-electron chi connectivity index (χ0n) is 14.2. The molecular weight excluding hydrogens is 371 g/mol. The maximum atomic E-state index is 13.0. The Morgan fingerprint density at radius 2 is 2.12 bits per heavy atom. The van der Waals surface area contributed by atoms with E-state index < -0.39 is 43.1 Å². The molecule has 6 nitrogen and oxygen atoms in total. The Morgan fingerprint density at radius 3 is 2.69 bits per heavy atom. The Hall–Kier alpha value is -1.84. The molecule has 0 radical (unpaired) electrons. The highest BCUT2D eigenvalue weighted by atomic mass is 32.1. The van der Waals surface area contributed by atoms with E-state index in [0.717, 1.165) is 41.2 Å². The van der Waals surface area contributed by atoms with Crippen molar-refractivity contribution in [3.8, 4) is 0 Å². The number of fused-ring (bicyclic) bond motifs is 1. The van der Waals surface area contributed by atoms with Crippen LogP contribution >= 0.6 is 11.3 Å². The van der Waals surface area contributed by atoms with Crippen LogP contribution in [0.2, 0.25) is 0 Å². The van der Waals surface area contributed by atoms with Crippen molar-refractivity contribution in [1.82, 2.24) is 9.88 Å². The van der Waals surface area contributed by atoms with Crippen molar-refractivity contribution in [3.05, 3.63) is 10.6 Å². The van der Waals surface area contributed by atoms with Gasteiger partial charge in [-0.05, 0) is 25.2 Å². The van der Waals surface area contributed by atoms with Gasteiger partial charge in [0.15, 0.2) is 5.13 Å². The van der Waals surface area contributed by atoms with E-state index in [0.29, 0.717) is 11.0 Å². The minimum atomic E-state index is -4.66. The van der Waals surface area contributed by atoms with Gasteiger partial charge in [0.25, 0.3) is 0 Å². The van der Waals surface area contributed by atoms with Crippen LogP contribution in [0.3, 0.4) is 0 Å². The fourth-order valence-electron chi connectivity index (χ4n) is 3.57. The van der Waals surface area contributed by atoms with Gasteiger partial charge in [-0.2, -0.15) is 13.2 Å². The number of aliphatic carboxylic acids is 1. The maximum Gasteiger partial charge on any atom is 0.394 e. The van der Waals surface area contributed by atoms with E-state index in [1.54, 1.807) is 0 Å². The number of hydrogen-bond acceptors (Lipinski definition) is 4. The van der Waals surface area contributed by atoms with Crippen LogP contribution in [-0.2, 0) is 17.6 Å². The lowest BCUT2D eigenvalue weighted by Gasteiger charge is -2.18. The molecule has 0 saturated carbocycles. The van der Waals surface area contributed by atoms with Gasteiger partial charge >= 0.3 is 18.2 Å². The van der Waals surface area contributed by atoms with Crippen LogP contribution in [0.4, 0.5) is 23.1 Å². The third-order valence-corrected chi connectivity index (χ3v) is 6.21. The second kappa shape index (κ2) is 7.05. The van der Waals surface area contributed by atoms with E-state index in [1.165, 1.54) is 11.3 Å². The molecule has 0 aromatic carbocycles. The molecule has 144 valence electrons. The summed E-state index contributed by atoms with van der Waals surface area (Å²) in [6.07, 6.45) is -0.808. The van der Waals surface area contributed by atoms with Gasteiger partial charge in [0, 0.05) is 18.0 Å². The van der Waals surface area contributed by atoms with E-state index in [4.69, 9.17) is 5.11 Å². The summed E-state index contributed by atoms with van der Waals surface area (Å²) in [7, 11) is 0. The first kappa shape index (κ1) is 18.9. The summed E-state index contributed by atoms with van der Waals surface area (Å²) in [6, 6.07) is -0.735. The molecule has 26 heavy (non-hydrogen) atoms. The number of nitrogens with one attached hydrogen (secondary N) is 1. The molecule has 1 aliphatic heterocycles. The molecule has 1 saturated heterocycles. The van der Waals surface area contributed by atoms with Crippen molar-refractivity contribution < 1.29 is 27.9 Å². The number of thiazole rings is 1. The lowest BCUT2D eigenvalue weighted by molar-refractivity contribution is -0.187. The molecule has 0 spiro atoms. The number of hydrogen-bond donors (Lipinski definition) is 2. The summed E-state index contributed by atoms with van der Waals surface area (Å²) in [4.78, 5) is 29.8. The van der Waals surface area contributed by atoms with Crippen molar-refractivity contribution in [3.63, 3.8) is 0 Å². The number of rotatable bonds is 3. The molecule has 1 unspecified atom stereocenters. The fourth-order valence-corrected chi connectivity index (χ4v) is 4.68. The van der Waals surface area contributed by atoms with Gasteiger partial charge in [-0.25, -0.2) is 9.78 Å². The van der Waals surface area contributed by atoms with E-state index in [2.05, 4.69) is 17.2 Å². The number of alkyl halides is 3. The second-order valence-corrected chi connectivity index (χ2v) is 7.92. The van der Waals surface area contributed by atoms with Crippen LogP contribution in [0.5, 0.6) is 0 Å². The monoisotopic (exact) mass is 391 g/mol. The predicted octanol–water partition coefficient (Wildman–Crippen LogP) is 3.38. The van der Waals surface area contributed by atoms with E-state index in [1.807, 2.05) is 0 Å². The van der Waals surface area contributed by atoms with Gasteiger partial charge in [-0.3, -0.25) is 10.1 Å². The Kier molecular flexibility index (Phi) is 5.14. The molecule has 2 N–H and O–H groups in total. The lowest BCUT2D eigenvalue weighted by atomic mass is 9.89. The van der Waals surface area contributed by atoms with Crippen LogP contribution < -0.4 is 5.32 Å². The molecular formula is C16H20F3N3O3S. The number of nitrogens with zero attached hydrogens (tertiary/aromatic N) is 2. The van der Waals surface area contributed by atoms with Crippen molar-refractivity contribution >= 4 is 28.5 Å². The number of aromatic nitrogens is 1. The topological polar surface area (TPSA) is 82.5 Å². The van der Waals surface area contributed by atoms with Gasteiger partial charge in [0.2, 0.25) is 0 Å². The first-order valence-electron chi connectivity index (χ1n) is 8.53. The van der Waals surface area contributed by atoms with Gasteiger partial charge in [0.05, 0.1) is 17.5 Å². The minimum Gasteiger partial charge on any atom is -0.481 e. The van der Waals surface area contributed by atoms with Gasteiger partial charge in [-0.1, -0.05) is 13.3 Å². The summed E-state index contributed by atoms with van der Waals surface area (Å²) < 4.78 is 39.1. The highest BCUT2D eigenvalue weighted by Gasteiger charge is 2.53. The molecule has 2 aliphatic rings. The molecule has 3 rings (SSSR count). The number of aryl methyl sites for hydroxylation is 1. The molecule has 0 bridgehead atoms. The Morgan fingerprint density at radius 1 is 1.38 bits per heavy atom.